The minimum absolute atomic E-state index is 0.420. The van der Waals surface area contributed by atoms with E-state index in [9.17, 15) is 18.5 Å². The first-order valence-corrected chi connectivity index (χ1v) is 8.20. The van der Waals surface area contributed by atoms with Crippen molar-refractivity contribution in [2.24, 2.45) is 0 Å². The smallest absolute Gasteiger partial charge is 0.423 e. The van der Waals surface area contributed by atoms with E-state index in [-0.39, 0.29) is 0 Å². The molecule has 5 nitrogen and oxygen atoms in total. The SMILES string of the molecule is Cc1cc(B(O)O)cc(-c2ccc(NS(C)(=O)=O)cc2)c1. The molecule has 0 aromatic heterocycles. The number of aryl methyl sites for hydroxylation is 1. The maximum absolute atomic E-state index is 11.2. The Balaban J connectivity index is 2.35. The molecule has 2 aromatic rings. The number of hydrogen-bond acceptors (Lipinski definition) is 4. The highest BCUT2D eigenvalue weighted by Gasteiger charge is 2.12. The Morgan fingerprint density at radius 3 is 2.14 bits per heavy atom. The third-order valence-corrected chi connectivity index (χ3v) is 3.53. The Bertz CT molecular complexity index is 742. The fraction of sp³-hybridized carbons (Fsp3) is 0.143. The van der Waals surface area contributed by atoms with Gasteiger partial charge in [0.1, 0.15) is 0 Å². The molecule has 0 unspecified atom stereocenters. The first-order valence-electron chi connectivity index (χ1n) is 6.30. The zero-order chi connectivity index (χ0) is 15.6. The van der Waals surface area contributed by atoms with Gasteiger partial charge in [-0.15, -0.1) is 0 Å². The molecule has 0 radical (unpaired) electrons. The van der Waals surface area contributed by atoms with Gasteiger partial charge in [-0.2, -0.15) is 0 Å². The van der Waals surface area contributed by atoms with E-state index in [4.69, 9.17) is 0 Å². The second-order valence-electron chi connectivity index (χ2n) is 4.96. The van der Waals surface area contributed by atoms with Crippen LogP contribution >= 0.6 is 0 Å². The fourth-order valence-electron chi connectivity index (χ4n) is 2.07. The molecule has 0 bridgehead atoms. The summed E-state index contributed by atoms with van der Waals surface area (Å²) in [5, 5.41) is 18.5. The van der Waals surface area contributed by atoms with Crippen LogP contribution in [0.2, 0.25) is 0 Å². The highest BCUT2D eigenvalue weighted by Crippen LogP contribution is 2.22. The van der Waals surface area contributed by atoms with Crippen LogP contribution < -0.4 is 10.2 Å². The average molecular weight is 305 g/mol. The molecule has 3 N–H and O–H groups in total. The molecule has 0 aliphatic carbocycles. The van der Waals surface area contributed by atoms with E-state index in [1.807, 2.05) is 13.0 Å². The Hall–Kier alpha value is -1.83. The highest BCUT2D eigenvalue weighted by molar-refractivity contribution is 7.92. The summed E-state index contributed by atoms with van der Waals surface area (Å²) in [6, 6.07) is 12.2. The molecule has 0 atom stereocenters. The van der Waals surface area contributed by atoms with Crippen molar-refractivity contribution in [3.63, 3.8) is 0 Å². The number of anilines is 1. The molecule has 21 heavy (non-hydrogen) atoms. The van der Waals surface area contributed by atoms with E-state index < -0.39 is 17.1 Å². The monoisotopic (exact) mass is 305 g/mol. The third kappa shape index (κ3) is 4.32. The summed E-state index contributed by atoms with van der Waals surface area (Å²) in [5.41, 5.74) is 3.51. The van der Waals surface area contributed by atoms with Gasteiger partial charge in [-0.3, -0.25) is 4.72 Å². The van der Waals surface area contributed by atoms with Gasteiger partial charge >= 0.3 is 7.12 Å². The van der Waals surface area contributed by atoms with Gasteiger partial charge in [-0.25, -0.2) is 8.42 Å². The van der Waals surface area contributed by atoms with E-state index in [0.717, 1.165) is 22.9 Å². The van der Waals surface area contributed by atoms with Crippen molar-refractivity contribution in [1.29, 1.82) is 0 Å². The summed E-state index contributed by atoms with van der Waals surface area (Å²) >= 11 is 0. The number of benzene rings is 2. The molecule has 0 fully saturated rings. The Morgan fingerprint density at radius 2 is 1.62 bits per heavy atom. The zero-order valence-electron chi connectivity index (χ0n) is 11.7. The van der Waals surface area contributed by atoms with E-state index in [2.05, 4.69) is 4.72 Å². The summed E-state index contributed by atoms with van der Waals surface area (Å²) < 4.78 is 24.7. The lowest BCUT2D eigenvalue weighted by Gasteiger charge is -2.09. The van der Waals surface area contributed by atoms with Crippen LogP contribution in [-0.2, 0) is 10.0 Å². The van der Waals surface area contributed by atoms with Crippen LogP contribution in [0, 0.1) is 6.92 Å². The topological polar surface area (TPSA) is 86.6 Å². The number of rotatable bonds is 4. The van der Waals surface area contributed by atoms with Crippen LogP contribution in [0.4, 0.5) is 5.69 Å². The summed E-state index contributed by atoms with van der Waals surface area (Å²) in [6.45, 7) is 1.87. The summed E-state index contributed by atoms with van der Waals surface area (Å²) in [4.78, 5) is 0. The largest absolute Gasteiger partial charge is 0.488 e. The van der Waals surface area contributed by atoms with Crippen LogP contribution in [-0.4, -0.2) is 31.8 Å². The minimum atomic E-state index is -3.30. The predicted octanol–water partition coefficient (Wildman–Crippen LogP) is 0.713. The van der Waals surface area contributed by atoms with Gasteiger partial charge in [0.05, 0.1) is 6.26 Å². The highest BCUT2D eigenvalue weighted by atomic mass is 32.2. The van der Waals surface area contributed by atoms with Gasteiger partial charge in [-0.05, 0) is 35.6 Å². The molecular weight excluding hydrogens is 289 g/mol. The van der Waals surface area contributed by atoms with Gasteiger partial charge in [-0.1, -0.05) is 35.9 Å². The molecule has 0 spiro atoms. The molecular formula is C14H16BNO4S. The van der Waals surface area contributed by atoms with Crippen LogP contribution in [0.15, 0.2) is 42.5 Å². The van der Waals surface area contributed by atoms with E-state index in [1.54, 1.807) is 36.4 Å². The lowest BCUT2D eigenvalue weighted by atomic mass is 9.78. The van der Waals surface area contributed by atoms with Gasteiger partial charge in [0.15, 0.2) is 0 Å². The summed E-state index contributed by atoms with van der Waals surface area (Å²) in [6.07, 6.45) is 1.09. The van der Waals surface area contributed by atoms with Crippen LogP contribution in [0.25, 0.3) is 11.1 Å². The van der Waals surface area contributed by atoms with E-state index in [1.165, 1.54) is 0 Å². The standard InChI is InChI=1S/C14H16BNO4S/c1-10-7-12(9-13(8-10)15(17)18)11-3-5-14(6-4-11)16-21(2,19)20/h3-9,16-18H,1-2H3. The zero-order valence-corrected chi connectivity index (χ0v) is 12.6. The van der Waals surface area contributed by atoms with Crippen molar-refractivity contribution >= 4 is 28.3 Å². The van der Waals surface area contributed by atoms with Gasteiger partial charge in [0.25, 0.3) is 0 Å². The number of hydrogen-bond donors (Lipinski definition) is 3. The first-order chi connectivity index (χ1) is 9.74. The Morgan fingerprint density at radius 1 is 1.00 bits per heavy atom. The molecule has 7 heteroatoms. The lowest BCUT2D eigenvalue weighted by Crippen LogP contribution is -2.30. The molecule has 0 saturated heterocycles. The Kier molecular flexibility index (Phi) is 4.36. The molecule has 0 aliphatic heterocycles. The molecule has 2 rings (SSSR count). The second kappa shape index (κ2) is 5.89. The number of sulfonamides is 1. The maximum atomic E-state index is 11.2. The van der Waals surface area contributed by atoms with Gasteiger partial charge < -0.3 is 10.0 Å². The minimum Gasteiger partial charge on any atom is -0.423 e. The number of nitrogens with one attached hydrogen (secondary N) is 1. The Labute approximate surface area is 124 Å². The van der Waals surface area contributed by atoms with Gasteiger partial charge in [0.2, 0.25) is 10.0 Å². The van der Waals surface area contributed by atoms with Crippen molar-refractivity contribution in [3.05, 3.63) is 48.0 Å². The summed E-state index contributed by atoms with van der Waals surface area (Å²) in [7, 11) is -4.81. The van der Waals surface area contributed by atoms with Crippen molar-refractivity contribution < 1.29 is 18.5 Å². The second-order valence-corrected chi connectivity index (χ2v) is 6.71. The van der Waals surface area contributed by atoms with Crippen LogP contribution in [0.5, 0.6) is 0 Å². The van der Waals surface area contributed by atoms with E-state index >= 15 is 0 Å². The molecule has 0 aliphatic rings. The molecule has 0 saturated carbocycles. The quantitative estimate of drug-likeness (QED) is 0.726. The third-order valence-electron chi connectivity index (χ3n) is 2.92. The average Bonchev–Trinajstić information content (AvgIpc) is 2.37. The summed E-state index contributed by atoms with van der Waals surface area (Å²) in [5.74, 6) is 0. The fourth-order valence-corrected chi connectivity index (χ4v) is 2.64. The molecule has 0 amide bonds. The van der Waals surface area contributed by atoms with Crippen LogP contribution in [0.3, 0.4) is 0 Å². The van der Waals surface area contributed by atoms with Crippen LogP contribution in [0.1, 0.15) is 5.56 Å². The van der Waals surface area contributed by atoms with Gasteiger partial charge in [0, 0.05) is 5.69 Å². The van der Waals surface area contributed by atoms with Crippen molar-refractivity contribution in [2.45, 2.75) is 6.92 Å². The predicted molar refractivity (Wildman–Crippen MR) is 84.9 cm³/mol. The first kappa shape index (κ1) is 15.6. The maximum Gasteiger partial charge on any atom is 0.488 e. The molecule has 2 aromatic carbocycles. The van der Waals surface area contributed by atoms with Crippen molar-refractivity contribution in [1.82, 2.24) is 0 Å². The normalized spacial score (nSPS) is 11.2. The lowest BCUT2D eigenvalue weighted by molar-refractivity contribution is 0.425. The molecule has 0 heterocycles. The van der Waals surface area contributed by atoms with Crippen molar-refractivity contribution in [2.75, 3.05) is 11.0 Å². The molecule has 110 valence electrons. The van der Waals surface area contributed by atoms with E-state index in [0.29, 0.717) is 11.2 Å². The van der Waals surface area contributed by atoms with Crippen molar-refractivity contribution in [3.8, 4) is 11.1 Å².